The zero-order valence-corrected chi connectivity index (χ0v) is 20.3. The third-order valence-corrected chi connectivity index (χ3v) is 7.19. The fourth-order valence-corrected chi connectivity index (χ4v) is 4.69. The zero-order valence-electron chi connectivity index (χ0n) is 19.5. The summed E-state index contributed by atoms with van der Waals surface area (Å²) in [5.41, 5.74) is 1.58. The SMILES string of the molecule is CC(C)c1ccc(S(=O)(=O)NCCC(=O)N2CCN(CC(=O)Nc3ccc(F)cc3)CC2)cc1. The van der Waals surface area contributed by atoms with Crippen molar-refractivity contribution in [1.29, 1.82) is 0 Å². The molecule has 3 rings (SSSR count). The van der Waals surface area contributed by atoms with E-state index in [1.807, 2.05) is 18.7 Å². The van der Waals surface area contributed by atoms with Crippen LogP contribution in [0.5, 0.6) is 0 Å². The Hall–Kier alpha value is -2.82. The quantitative estimate of drug-likeness (QED) is 0.563. The molecule has 0 spiro atoms. The van der Waals surface area contributed by atoms with Crippen LogP contribution in [0, 0.1) is 5.82 Å². The molecule has 0 unspecified atom stereocenters. The lowest BCUT2D eigenvalue weighted by molar-refractivity contribution is -0.132. The molecule has 2 amide bonds. The molecule has 10 heteroatoms. The molecule has 0 atom stereocenters. The molecule has 1 saturated heterocycles. The van der Waals surface area contributed by atoms with Crippen LogP contribution in [-0.4, -0.2) is 69.3 Å². The topological polar surface area (TPSA) is 98.8 Å². The van der Waals surface area contributed by atoms with Gasteiger partial charge in [-0.05, 0) is 47.9 Å². The van der Waals surface area contributed by atoms with Crippen LogP contribution in [0.3, 0.4) is 0 Å². The fourth-order valence-electron chi connectivity index (χ4n) is 3.66. The van der Waals surface area contributed by atoms with Crippen LogP contribution in [0.1, 0.15) is 31.7 Å². The summed E-state index contributed by atoms with van der Waals surface area (Å²) in [5, 5.41) is 2.72. The molecule has 8 nitrogen and oxygen atoms in total. The monoisotopic (exact) mass is 490 g/mol. The van der Waals surface area contributed by atoms with Crippen molar-refractivity contribution in [2.75, 3.05) is 44.6 Å². The Labute approximate surface area is 200 Å². The largest absolute Gasteiger partial charge is 0.340 e. The van der Waals surface area contributed by atoms with Gasteiger partial charge >= 0.3 is 0 Å². The average molecular weight is 491 g/mol. The van der Waals surface area contributed by atoms with Gasteiger partial charge in [0.25, 0.3) is 0 Å². The summed E-state index contributed by atoms with van der Waals surface area (Å²) in [4.78, 5) is 28.5. The molecular weight excluding hydrogens is 459 g/mol. The van der Waals surface area contributed by atoms with Crippen molar-refractivity contribution < 1.29 is 22.4 Å². The van der Waals surface area contributed by atoms with Crippen molar-refractivity contribution in [3.63, 3.8) is 0 Å². The standard InChI is InChI=1S/C24H31FN4O4S/c1-18(2)19-3-9-22(10-4-19)34(32,33)26-12-11-24(31)29-15-13-28(14-16-29)17-23(30)27-21-7-5-20(25)6-8-21/h3-10,18,26H,11-17H2,1-2H3,(H,27,30). The van der Waals surface area contributed by atoms with E-state index in [0.717, 1.165) is 5.56 Å². The summed E-state index contributed by atoms with van der Waals surface area (Å²) >= 11 is 0. The Morgan fingerprint density at radius 3 is 2.18 bits per heavy atom. The second-order valence-corrected chi connectivity index (χ2v) is 10.4. The molecule has 0 aromatic heterocycles. The number of carbonyl (C=O) groups is 2. The molecule has 0 bridgehead atoms. The lowest BCUT2D eigenvalue weighted by atomic mass is 10.0. The van der Waals surface area contributed by atoms with Crippen molar-refractivity contribution >= 4 is 27.5 Å². The van der Waals surface area contributed by atoms with E-state index in [1.165, 1.54) is 24.3 Å². The van der Waals surface area contributed by atoms with Crippen LogP contribution in [0.2, 0.25) is 0 Å². The second-order valence-electron chi connectivity index (χ2n) is 8.58. The maximum Gasteiger partial charge on any atom is 0.240 e. The summed E-state index contributed by atoms with van der Waals surface area (Å²) < 4.78 is 40.4. The van der Waals surface area contributed by atoms with Crippen molar-refractivity contribution in [2.45, 2.75) is 31.1 Å². The van der Waals surface area contributed by atoms with E-state index in [-0.39, 0.29) is 42.0 Å². The number of nitrogens with one attached hydrogen (secondary N) is 2. The smallest absolute Gasteiger partial charge is 0.240 e. The van der Waals surface area contributed by atoms with Gasteiger partial charge in [0.15, 0.2) is 0 Å². The number of nitrogens with zero attached hydrogens (tertiary/aromatic N) is 2. The summed E-state index contributed by atoms with van der Waals surface area (Å²) in [6.07, 6.45) is 0.0638. The van der Waals surface area contributed by atoms with Crippen molar-refractivity contribution in [1.82, 2.24) is 14.5 Å². The van der Waals surface area contributed by atoms with Crippen LogP contribution in [0.15, 0.2) is 53.4 Å². The van der Waals surface area contributed by atoms with Crippen LogP contribution >= 0.6 is 0 Å². The number of halogens is 1. The molecule has 1 fully saturated rings. The summed E-state index contributed by atoms with van der Waals surface area (Å²) in [6, 6.07) is 12.3. The van der Waals surface area contributed by atoms with Gasteiger partial charge in [-0.1, -0.05) is 26.0 Å². The number of sulfonamides is 1. The van der Waals surface area contributed by atoms with Crippen LogP contribution < -0.4 is 10.0 Å². The summed E-state index contributed by atoms with van der Waals surface area (Å²) in [7, 11) is -3.67. The molecule has 2 N–H and O–H groups in total. The Kier molecular flexibility index (Phi) is 8.76. The molecule has 1 heterocycles. The van der Waals surface area contributed by atoms with Gasteiger partial charge in [-0.3, -0.25) is 14.5 Å². The molecule has 2 aromatic rings. The Bertz CT molecular complexity index is 1080. The van der Waals surface area contributed by atoms with E-state index < -0.39 is 10.0 Å². The summed E-state index contributed by atoms with van der Waals surface area (Å²) in [5.74, 6) is -0.394. The highest BCUT2D eigenvalue weighted by Crippen LogP contribution is 2.17. The molecule has 1 aliphatic heterocycles. The van der Waals surface area contributed by atoms with Gasteiger partial charge in [-0.25, -0.2) is 17.5 Å². The van der Waals surface area contributed by atoms with Gasteiger partial charge < -0.3 is 10.2 Å². The zero-order chi connectivity index (χ0) is 24.7. The van der Waals surface area contributed by atoms with Gasteiger partial charge in [-0.15, -0.1) is 0 Å². The number of anilines is 1. The van der Waals surface area contributed by atoms with Crippen molar-refractivity contribution in [2.24, 2.45) is 0 Å². The first-order valence-electron chi connectivity index (χ1n) is 11.3. The first-order valence-corrected chi connectivity index (χ1v) is 12.8. The molecule has 34 heavy (non-hydrogen) atoms. The number of carbonyl (C=O) groups excluding carboxylic acids is 2. The first kappa shape index (κ1) is 25.8. The maximum absolute atomic E-state index is 13.0. The highest BCUT2D eigenvalue weighted by Gasteiger charge is 2.23. The minimum absolute atomic E-state index is 0.0212. The predicted octanol–water partition coefficient (Wildman–Crippen LogP) is 2.40. The molecule has 1 aliphatic rings. The lowest BCUT2D eigenvalue weighted by Gasteiger charge is -2.34. The second kappa shape index (κ2) is 11.5. The van der Waals surface area contributed by atoms with Crippen LogP contribution in [0.4, 0.5) is 10.1 Å². The minimum Gasteiger partial charge on any atom is -0.340 e. The van der Waals surface area contributed by atoms with Gasteiger partial charge in [0.1, 0.15) is 5.82 Å². The summed E-state index contributed by atoms with van der Waals surface area (Å²) in [6.45, 7) is 6.28. The van der Waals surface area contributed by atoms with E-state index in [4.69, 9.17) is 0 Å². The number of amides is 2. The van der Waals surface area contributed by atoms with E-state index in [9.17, 15) is 22.4 Å². The van der Waals surface area contributed by atoms with Gasteiger partial charge in [-0.2, -0.15) is 0 Å². The van der Waals surface area contributed by atoms with Crippen LogP contribution in [-0.2, 0) is 19.6 Å². The predicted molar refractivity (Wildman–Crippen MR) is 128 cm³/mol. The van der Waals surface area contributed by atoms with Gasteiger partial charge in [0.05, 0.1) is 11.4 Å². The van der Waals surface area contributed by atoms with E-state index in [2.05, 4.69) is 10.0 Å². The molecule has 0 aliphatic carbocycles. The molecule has 0 saturated carbocycles. The average Bonchev–Trinajstić information content (AvgIpc) is 2.81. The minimum atomic E-state index is -3.67. The molecule has 184 valence electrons. The van der Waals surface area contributed by atoms with E-state index >= 15 is 0 Å². The third kappa shape index (κ3) is 7.34. The fraction of sp³-hybridized carbons (Fsp3) is 0.417. The molecular formula is C24H31FN4O4S. The Balaban J connectivity index is 1.38. The van der Waals surface area contributed by atoms with Crippen molar-refractivity contribution in [3.8, 4) is 0 Å². The van der Waals surface area contributed by atoms with Crippen LogP contribution in [0.25, 0.3) is 0 Å². The van der Waals surface area contributed by atoms with E-state index in [1.54, 1.807) is 29.2 Å². The molecule has 0 radical (unpaired) electrons. The van der Waals surface area contributed by atoms with Crippen molar-refractivity contribution in [3.05, 3.63) is 59.9 Å². The maximum atomic E-state index is 13.0. The number of piperazine rings is 1. The number of hydrogen-bond acceptors (Lipinski definition) is 5. The van der Waals surface area contributed by atoms with E-state index in [0.29, 0.717) is 37.8 Å². The first-order chi connectivity index (χ1) is 16.1. The highest BCUT2D eigenvalue weighted by atomic mass is 32.2. The van der Waals surface area contributed by atoms with Gasteiger partial charge in [0.2, 0.25) is 21.8 Å². The lowest BCUT2D eigenvalue weighted by Crippen LogP contribution is -2.50. The number of hydrogen-bond donors (Lipinski definition) is 2. The highest BCUT2D eigenvalue weighted by molar-refractivity contribution is 7.89. The Morgan fingerprint density at radius 1 is 0.971 bits per heavy atom. The normalized spacial score (nSPS) is 14.9. The Morgan fingerprint density at radius 2 is 1.59 bits per heavy atom. The number of benzene rings is 2. The molecule has 2 aromatic carbocycles. The number of rotatable bonds is 9. The van der Waals surface area contributed by atoms with Gasteiger partial charge in [0, 0.05) is 44.8 Å². The third-order valence-electron chi connectivity index (χ3n) is 5.71.